The van der Waals surface area contributed by atoms with Gasteiger partial charge in [-0.1, -0.05) is 29.3 Å². The monoisotopic (exact) mass is 324 g/mol. The zero-order valence-electron chi connectivity index (χ0n) is 10.7. The van der Waals surface area contributed by atoms with Gasteiger partial charge in [-0.15, -0.1) is 0 Å². The van der Waals surface area contributed by atoms with Gasteiger partial charge in [0.15, 0.2) is 6.29 Å². The maximum absolute atomic E-state index is 10.9. The Bertz CT molecular complexity index is 678. The maximum Gasteiger partial charge on any atom is 0.336 e. The molecule has 0 unspecified atom stereocenters. The van der Waals surface area contributed by atoms with E-state index >= 15 is 0 Å². The predicted molar refractivity (Wildman–Crippen MR) is 79.6 cm³/mol. The van der Waals surface area contributed by atoms with E-state index in [0.29, 0.717) is 27.6 Å². The molecule has 2 aromatic rings. The third-order valence-corrected chi connectivity index (χ3v) is 3.53. The van der Waals surface area contributed by atoms with Crippen LogP contribution in [0.1, 0.15) is 26.3 Å². The molecule has 0 spiro atoms. The minimum atomic E-state index is -1.17. The van der Waals surface area contributed by atoms with Gasteiger partial charge in [0, 0.05) is 21.2 Å². The highest BCUT2D eigenvalue weighted by molar-refractivity contribution is 6.35. The molecule has 0 aliphatic carbocycles. The minimum absolute atomic E-state index is 0.0465. The third-order valence-electron chi connectivity index (χ3n) is 2.83. The number of carbonyl (C=O) groups is 2. The van der Waals surface area contributed by atoms with Crippen LogP contribution in [0.3, 0.4) is 0 Å². The Morgan fingerprint density at radius 3 is 2.43 bits per heavy atom. The molecular formula is C15H10Cl2O4. The molecule has 0 bridgehead atoms. The van der Waals surface area contributed by atoms with Gasteiger partial charge in [-0.3, -0.25) is 4.79 Å². The zero-order valence-corrected chi connectivity index (χ0v) is 12.2. The van der Waals surface area contributed by atoms with E-state index in [-0.39, 0.29) is 17.7 Å². The molecule has 2 rings (SSSR count). The molecule has 0 radical (unpaired) electrons. The van der Waals surface area contributed by atoms with Gasteiger partial charge >= 0.3 is 5.97 Å². The first-order chi connectivity index (χ1) is 10.0. The van der Waals surface area contributed by atoms with E-state index in [1.54, 1.807) is 18.2 Å². The number of carboxylic acid groups (broad SMARTS) is 1. The van der Waals surface area contributed by atoms with E-state index in [2.05, 4.69) is 0 Å². The normalized spacial score (nSPS) is 10.2. The van der Waals surface area contributed by atoms with Crippen molar-refractivity contribution >= 4 is 35.5 Å². The SMILES string of the molecule is O=Cc1cc(OCc2c(Cl)cccc2Cl)ccc1C(=O)O. The van der Waals surface area contributed by atoms with E-state index in [0.717, 1.165) is 0 Å². The smallest absolute Gasteiger partial charge is 0.336 e. The van der Waals surface area contributed by atoms with Gasteiger partial charge in [-0.2, -0.15) is 0 Å². The van der Waals surface area contributed by atoms with Crippen LogP contribution < -0.4 is 4.74 Å². The van der Waals surface area contributed by atoms with Crippen molar-refractivity contribution in [1.82, 2.24) is 0 Å². The van der Waals surface area contributed by atoms with E-state index in [1.807, 2.05) is 0 Å². The minimum Gasteiger partial charge on any atom is -0.489 e. The van der Waals surface area contributed by atoms with Crippen LogP contribution in [-0.4, -0.2) is 17.4 Å². The van der Waals surface area contributed by atoms with Crippen LogP contribution >= 0.6 is 23.2 Å². The Balaban J connectivity index is 2.21. The van der Waals surface area contributed by atoms with Gasteiger partial charge in [0.25, 0.3) is 0 Å². The van der Waals surface area contributed by atoms with Gasteiger partial charge in [0.2, 0.25) is 0 Å². The van der Waals surface area contributed by atoms with Gasteiger partial charge in [-0.25, -0.2) is 4.79 Å². The Morgan fingerprint density at radius 2 is 1.86 bits per heavy atom. The lowest BCUT2D eigenvalue weighted by Gasteiger charge is -2.10. The van der Waals surface area contributed by atoms with Crippen LogP contribution in [0.2, 0.25) is 10.0 Å². The first-order valence-corrected chi connectivity index (χ1v) is 6.66. The lowest BCUT2D eigenvalue weighted by Crippen LogP contribution is -2.03. The molecule has 0 aromatic heterocycles. The standard InChI is InChI=1S/C15H10Cl2O4/c16-13-2-1-3-14(17)12(13)8-21-10-4-5-11(15(19)20)9(6-10)7-18/h1-7H,8H2,(H,19,20). The number of rotatable bonds is 5. The van der Waals surface area contributed by atoms with Crippen molar-refractivity contribution in [2.24, 2.45) is 0 Å². The summed E-state index contributed by atoms with van der Waals surface area (Å²) in [6.45, 7) is 0.114. The molecule has 1 N–H and O–H groups in total. The summed E-state index contributed by atoms with van der Waals surface area (Å²) in [7, 11) is 0. The van der Waals surface area contributed by atoms with Crippen LogP contribution in [0.15, 0.2) is 36.4 Å². The summed E-state index contributed by atoms with van der Waals surface area (Å²) >= 11 is 12.0. The molecule has 108 valence electrons. The van der Waals surface area contributed by atoms with Gasteiger partial charge in [0.05, 0.1) is 5.56 Å². The molecule has 21 heavy (non-hydrogen) atoms. The van der Waals surface area contributed by atoms with Crippen LogP contribution in [0.4, 0.5) is 0 Å². The zero-order chi connectivity index (χ0) is 15.4. The van der Waals surface area contributed by atoms with E-state index in [1.165, 1.54) is 18.2 Å². The number of hydrogen-bond donors (Lipinski definition) is 1. The summed E-state index contributed by atoms with van der Waals surface area (Å²) in [5, 5.41) is 9.88. The van der Waals surface area contributed by atoms with Crippen molar-refractivity contribution in [3.05, 3.63) is 63.1 Å². The van der Waals surface area contributed by atoms with Crippen LogP contribution in [0.5, 0.6) is 5.75 Å². The van der Waals surface area contributed by atoms with Crippen molar-refractivity contribution in [3.63, 3.8) is 0 Å². The van der Waals surface area contributed by atoms with Crippen molar-refractivity contribution in [2.75, 3.05) is 0 Å². The predicted octanol–water partition coefficient (Wildman–Crippen LogP) is 4.08. The second kappa shape index (κ2) is 6.61. The molecule has 6 heteroatoms. The Morgan fingerprint density at radius 1 is 1.19 bits per heavy atom. The number of benzene rings is 2. The largest absolute Gasteiger partial charge is 0.489 e. The number of carboxylic acids is 1. The number of aromatic carboxylic acids is 1. The van der Waals surface area contributed by atoms with Gasteiger partial charge in [0.1, 0.15) is 12.4 Å². The molecule has 0 saturated heterocycles. The Kier molecular flexibility index (Phi) is 4.83. The second-order valence-corrected chi connectivity index (χ2v) is 4.98. The fourth-order valence-electron chi connectivity index (χ4n) is 1.75. The lowest BCUT2D eigenvalue weighted by atomic mass is 10.1. The average molecular weight is 325 g/mol. The molecule has 4 nitrogen and oxygen atoms in total. The Hall–Kier alpha value is -2.04. The van der Waals surface area contributed by atoms with E-state index in [9.17, 15) is 9.59 Å². The maximum atomic E-state index is 10.9. The van der Waals surface area contributed by atoms with Gasteiger partial charge < -0.3 is 9.84 Å². The summed E-state index contributed by atoms with van der Waals surface area (Å²) < 4.78 is 5.51. The van der Waals surface area contributed by atoms with Crippen LogP contribution in [-0.2, 0) is 6.61 Å². The molecule has 0 heterocycles. The summed E-state index contributed by atoms with van der Waals surface area (Å²) in [6.07, 6.45) is 0.471. The molecular weight excluding hydrogens is 315 g/mol. The molecule has 0 aliphatic heterocycles. The number of hydrogen-bond acceptors (Lipinski definition) is 3. The lowest BCUT2D eigenvalue weighted by molar-refractivity contribution is 0.0694. The molecule has 0 atom stereocenters. The van der Waals surface area contributed by atoms with E-state index in [4.69, 9.17) is 33.0 Å². The first-order valence-electron chi connectivity index (χ1n) is 5.91. The highest BCUT2D eigenvalue weighted by atomic mass is 35.5. The summed E-state index contributed by atoms with van der Waals surface area (Å²) in [5.41, 5.74) is 0.592. The number of aldehydes is 1. The molecule has 0 fully saturated rings. The van der Waals surface area contributed by atoms with Crippen molar-refractivity contribution in [2.45, 2.75) is 6.61 Å². The van der Waals surface area contributed by atoms with Crippen molar-refractivity contribution < 1.29 is 19.4 Å². The average Bonchev–Trinajstić information content (AvgIpc) is 2.46. The second-order valence-electron chi connectivity index (χ2n) is 4.16. The summed E-state index contributed by atoms with van der Waals surface area (Å²) in [5.74, 6) is -0.809. The van der Waals surface area contributed by atoms with E-state index < -0.39 is 5.97 Å². The van der Waals surface area contributed by atoms with Gasteiger partial charge in [-0.05, 0) is 30.3 Å². The quantitative estimate of drug-likeness (QED) is 0.841. The molecule has 0 aliphatic rings. The van der Waals surface area contributed by atoms with Crippen molar-refractivity contribution in [3.8, 4) is 5.75 Å². The number of carbonyl (C=O) groups excluding carboxylic acids is 1. The Labute approximate surface area is 130 Å². The van der Waals surface area contributed by atoms with Crippen LogP contribution in [0, 0.1) is 0 Å². The topological polar surface area (TPSA) is 63.6 Å². The number of halogens is 2. The summed E-state index contributed by atoms with van der Waals surface area (Å²) in [6, 6.07) is 9.26. The fourth-order valence-corrected chi connectivity index (χ4v) is 2.26. The summed E-state index contributed by atoms with van der Waals surface area (Å²) in [4.78, 5) is 21.8. The fraction of sp³-hybridized carbons (Fsp3) is 0.0667. The number of ether oxygens (including phenoxy) is 1. The highest BCUT2D eigenvalue weighted by Crippen LogP contribution is 2.26. The molecule has 2 aromatic carbocycles. The molecule has 0 saturated carbocycles. The highest BCUT2D eigenvalue weighted by Gasteiger charge is 2.11. The third kappa shape index (κ3) is 3.54. The molecule has 0 amide bonds. The first kappa shape index (κ1) is 15.4. The van der Waals surface area contributed by atoms with Crippen LogP contribution in [0.25, 0.3) is 0 Å². The van der Waals surface area contributed by atoms with Crippen molar-refractivity contribution in [1.29, 1.82) is 0 Å².